The number of aliphatic hydroxyl groups excluding tert-OH is 1. The minimum absolute atomic E-state index is 0.283. The summed E-state index contributed by atoms with van der Waals surface area (Å²) in [5.41, 5.74) is 1.05. The molecule has 0 amide bonds. The van der Waals surface area contributed by atoms with Crippen LogP contribution in [0.2, 0.25) is 0 Å². The van der Waals surface area contributed by atoms with Crippen molar-refractivity contribution in [3.63, 3.8) is 0 Å². The maximum Gasteiger partial charge on any atom is 0.338 e. The molecule has 0 heterocycles. The van der Waals surface area contributed by atoms with Gasteiger partial charge in [-0.3, -0.25) is 0 Å². The van der Waals surface area contributed by atoms with Gasteiger partial charge in [-0.15, -0.1) is 0 Å². The SMILES string of the molecule is CCOC(=O)c1cc(Br)c(C#N)c(CO)c1. The van der Waals surface area contributed by atoms with Crippen molar-refractivity contribution in [2.75, 3.05) is 6.61 Å². The lowest BCUT2D eigenvalue weighted by molar-refractivity contribution is 0.0526. The number of esters is 1. The molecule has 16 heavy (non-hydrogen) atoms. The molecule has 0 saturated heterocycles. The number of aliphatic hydroxyl groups is 1. The third kappa shape index (κ3) is 2.60. The summed E-state index contributed by atoms with van der Waals surface area (Å²) in [6.45, 7) is 1.70. The van der Waals surface area contributed by atoms with Crippen molar-refractivity contribution in [2.45, 2.75) is 13.5 Å². The fraction of sp³-hybridized carbons (Fsp3) is 0.273. The molecule has 0 spiro atoms. The molecule has 0 radical (unpaired) electrons. The normalized spacial score (nSPS) is 9.62. The highest BCUT2D eigenvalue weighted by atomic mass is 79.9. The summed E-state index contributed by atoms with van der Waals surface area (Å²) in [5.74, 6) is -0.470. The lowest BCUT2D eigenvalue weighted by Gasteiger charge is -2.07. The Morgan fingerprint density at radius 1 is 1.62 bits per heavy atom. The second-order valence-corrected chi connectivity index (χ2v) is 3.84. The molecule has 84 valence electrons. The number of carbonyl (C=O) groups is 1. The van der Waals surface area contributed by atoms with Crippen LogP contribution in [0.15, 0.2) is 16.6 Å². The van der Waals surface area contributed by atoms with E-state index >= 15 is 0 Å². The third-order valence-corrected chi connectivity index (χ3v) is 2.59. The van der Waals surface area contributed by atoms with Crippen LogP contribution in [0.25, 0.3) is 0 Å². The van der Waals surface area contributed by atoms with Crippen LogP contribution in [0.1, 0.15) is 28.4 Å². The topological polar surface area (TPSA) is 70.3 Å². The first kappa shape index (κ1) is 12.7. The van der Waals surface area contributed by atoms with Crippen LogP contribution >= 0.6 is 15.9 Å². The minimum Gasteiger partial charge on any atom is -0.462 e. The molecule has 5 heteroatoms. The van der Waals surface area contributed by atoms with Crippen molar-refractivity contribution in [3.8, 4) is 6.07 Å². The van der Waals surface area contributed by atoms with Gasteiger partial charge in [0.2, 0.25) is 0 Å². The minimum atomic E-state index is -0.470. The molecule has 0 bridgehead atoms. The quantitative estimate of drug-likeness (QED) is 0.862. The van der Waals surface area contributed by atoms with E-state index in [9.17, 15) is 4.79 Å². The monoisotopic (exact) mass is 283 g/mol. The molecule has 0 aliphatic heterocycles. The zero-order chi connectivity index (χ0) is 12.1. The summed E-state index contributed by atoms with van der Waals surface area (Å²) in [7, 11) is 0. The predicted octanol–water partition coefficient (Wildman–Crippen LogP) is 1.99. The molecule has 0 aliphatic rings. The number of hydrogen-bond acceptors (Lipinski definition) is 4. The van der Waals surface area contributed by atoms with E-state index in [1.54, 1.807) is 6.92 Å². The molecule has 1 aromatic carbocycles. The number of halogens is 1. The zero-order valence-corrected chi connectivity index (χ0v) is 10.2. The van der Waals surface area contributed by atoms with Crippen LogP contribution < -0.4 is 0 Å². The maximum absolute atomic E-state index is 11.5. The molecule has 0 aliphatic carbocycles. The highest BCUT2D eigenvalue weighted by Gasteiger charge is 2.13. The smallest absolute Gasteiger partial charge is 0.338 e. The number of benzene rings is 1. The van der Waals surface area contributed by atoms with Gasteiger partial charge in [0.05, 0.1) is 24.3 Å². The van der Waals surface area contributed by atoms with Gasteiger partial charge >= 0.3 is 5.97 Å². The highest BCUT2D eigenvalue weighted by molar-refractivity contribution is 9.10. The van der Waals surface area contributed by atoms with E-state index < -0.39 is 5.97 Å². The largest absolute Gasteiger partial charge is 0.462 e. The van der Waals surface area contributed by atoms with Gasteiger partial charge in [0.1, 0.15) is 6.07 Å². The van der Waals surface area contributed by atoms with Gasteiger partial charge in [-0.05, 0) is 40.5 Å². The van der Waals surface area contributed by atoms with Crippen LogP contribution in [0.3, 0.4) is 0 Å². The molecule has 0 unspecified atom stereocenters. The Morgan fingerprint density at radius 2 is 2.31 bits per heavy atom. The zero-order valence-electron chi connectivity index (χ0n) is 8.66. The number of ether oxygens (including phenoxy) is 1. The van der Waals surface area contributed by atoms with E-state index in [1.165, 1.54) is 12.1 Å². The Morgan fingerprint density at radius 3 is 2.81 bits per heavy atom. The number of nitriles is 1. The van der Waals surface area contributed by atoms with Gasteiger partial charge in [-0.25, -0.2) is 4.79 Å². The fourth-order valence-electron chi connectivity index (χ4n) is 1.25. The van der Waals surface area contributed by atoms with E-state index in [4.69, 9.17) is 15.1 Å². The third-order valence-electron chi connectivity index (χ3n) is 1.97. The van der Waals surface area contributed by atoms with Gasteiger partial charge < -0.3 is 9.84 Å². The summed E-state index contributed by atoms with van der Waals surface area (Å²) in [5, 5.41) is 17.9. The van der Waals surface area contributed by atoms with Crippen molar-refractivity contribution < 1.29 is 14.6 Å². The second-order valence-electron chi connectivity index (χ2n) is 2.98. The standard InChI is InChI=1S/C11H10BrNO3/c1-2-16-11(15)7-3-8(6-14)9(5-13)10(12)4-7/h3-4,14H,2,6H2,1H3. The van der Waals surface area contributed by atoms with E-state index in [-0.39, 0.29) is 13.2 Å². The molecular formula is C11H10BrNO3. The molecule has 0 aromatic heterocycles. The number of carbonyl (C=O) groups excluding carboxylic acids is 1. The van der Waals surface area contributed by atoms with E-state index in [2.05, 4.69) is 15.9 Å². The Hall–Kier alpha value is -1.38. The Bertz CT molecular complexity index is 451. The molecule has 1 rings (SSSR count). The number of hydrogen-bond donors (Lipinski definition) is 1. The van der Waals surface area contributed by atoms with Crippen LogP contribution in [-0.4, -0.2) is 17.7 Å². The van der Waals surface area contributed by atoms with E-state index in [1.807, 2.05) is 6.07 Å². The van der Waals surface area contributed by atoms with Crippen molar-refractivity contribution in [3.05, 3.63) is 33.3 Å². The molecule has 0 atom stereocenters. The molecule has 1 N–H and O–H groups in total. The molecule has 0 fully saturated rings. The first-order valence-electron chi connectivity index (χ1n) is 4.64. The first-order valence-corrected chi connectivity index (χ1v) is 5.43. The first-order chi connectivity index (χ1) is 7.63. The Balaban J connectivity index is 3.21. The van der Waals surface area contributed by atoms with Crippen LogP contribution in [-0.2, 0) is 11.3 Å². The summed E-state index contributed by atoms with van der Waals surface area (Å²) in [4.78, 5) is 11.5. The average molecular weight is 284 g/mol. The van der Waals surface area contributed by atoms with Crippen LogP contribution in [0.4, 0.5) is 0 Å². The van der Waals surface area contributed by atoms with Crippen molar-refractivity contribution in [1.82, 2.24) is 0 Å². The lowest BCUT2D eigenvalue weighted by atomic mass is 10.1. The van der Waals surface area contributed by atoms with Crippen molar-refractivity contribution in [1.29, 1.82) is 5.26 Å². The number of rotatable bonds is 3. The Kier molecular flexibility index (Phi) is 4.47. The van der Waals surface area contributed by atoms with Crippen LogP contribution in [0.5, 0.6) is 0 Å². The molecule has 0 saturated carbocycles. The van der Waals surface area contributed by atoms with Gasteiger partial charge in [-0.2, -0.15) is 5.26 Å². The fourth-order valence-corrected chi connectivity index (χ4v) is 1.84. The van der Waals surface area contributed by atoms with Crippen molar-refractivity contribution >= 4 is 21.9 Å². The summed E-state index contributed by atoms with van der Waals surface area (Å²) in [6.07, 6.45) is 0. The van der Waals surface area contributed by atoms with Crippen molar-refractivity contribution in [2.24, 2.45) is 0 Å². The Labute approximate surface area is 102 Å². The average Bonchev–Trinajstić information content (AvgIpc) is 2.28. The lowest BCUT2D eigenvalue weighted by Crippen LogP contribution is -2.06. The maximum atomic E-state index is 11.5. The molecular weight excluding hydrogens is 274 g/mol. The van der Waals surface area contributed by atoms with Gasteiger partial charge in [0, 0.05) is 4.47 Å². The van der Waals surface area contributed by atoms with E-state index in [0.717, 1.165) is 0 Å². The van der Waals surface area contributed by atoms with Gasteiger partial charge in [0.25, 0.3) is 0 Å². The van der Waals surface area contributed by atoms with Gasteiger partial charge in [-0.1, -0.05) is 0 Å². The second kappa shape index (κ2) is 5.64. The highest BCUT2D eigenvalue weighted by Crippen LogP contribution is 2.23. The van der Waals surface area contributed by atoms with E-state index in [0.29, 0.717) is 21.2 Å². The molecule has 4 nitrogen and oxygen atoms in total. The summed E-state index contributed by atoms with van der Waals surface area (Å²) < 4.78 is 5.31. The number of nitrogens with zero attached hydrogens (tertiary/aromatic N) is 1. The molecule has 1 aromatic rings. The van der Waals surface area contributed by atoms with Gasteiger partial charge in [0.15, 0.2) is 0 Å². The summed E-state index contributed by atoms with van der Waals surface area (Å²) in [6, 6.07) is 4.92. The predicted molar refractivity (Wildman–Crippen MR) is 60.7 cm³/mol. The van der Waals surface area contributed by atoms with Crippen LogP contribution in [0, 0.1) is 11.3 Å². The summed E-state index contributed by atoms with van der Waals surface area (Å²) >= 11 is 3.18.